The normalized spacial score (nSPS) is 54.9. The molecule has 1 saturated heterocycles. The highest BCUT2D eigenvalue weighted by Crippen LogP contribution is 2.27. The Morgan fingerprint density at radius 3 is 1.87 bits per heavy atom. The second-order valence-electron chi connectivity index (χ2n) is 6.06. The molecule has 11 heteroatoms. The third-order valence-electron chi connectivity index (χ3n) is 4.52. The zero-order chi connectivity index (χ0) is 17.5. The van der Waals surface area contributed by atoms with E-state index in [4.69, 9.17) is 32.4 Å². The molecule has 0 bridgehead atoms. The lowest BCUT2D eigenvalue weighted by Crippen LogP contribution is -2.71. The summed E-state index contributed by atoms with van der Waals surface area (Å²) >= 11 is 0. The minimum absolute atomic E-state index is 0.0970. The first-order valence-corrected chi connectivity index (χ1v) is 7.38. The van der Waals surface area contributed by atoms with Crippen LogP contribution in [0.5, 0.6) is 0 Å². The monoisotopic (exact) mass is 338 g/mol. The van der Waals surface area contributed by atoms with Gasteiger partial charge in [0.2, 0.25) is 0 Å². The molecule has 0 aromatic carbocycles. The lowest BCUT2D eigenvalue weighted by molar-refractivity contribution is -0.292. The van der Waals surface area contributed by atoms with Crippen molar-refractivity contribution in [3.05, 3.63) is 0 Å². The number of nitrogens with two attached hydrogens (primary N) is 4. The van der Waals surface area contributed by atoms with E-state index in [1.807, 2.05) is 0 Å². The largest absolute Gasteiger partial charge is 0.390 e. The SMILES string of the molecule is NCC1OC(OC2C(N)C(O)C(N)C(O)C2O)C(N)C(O)C1O. The second kappa shape index (κ2) is 7.21. The van der Waals surface area contributed by atoms with E-state index in [9.17, 15) is 25.5 Å². The summed E-state index contributed by atoms with van der Waals surface area (Å²) in [7, 11) is 0. The van der Waals surface area contributed by atoms with Crippen LogP contribution in [-0.2, 0) is 9.47 Å². The summed E-state index contributed by atoms with van der Waals surface area (Å²) < 4.78 is 10.9. The van der Waals surface area contributed by atoms with Crippen LogP contribution < -0.4 is 22.9 Å². The molecule has 1 aliphatic heterocycles. The molecule has 0 aromatic heterocycles. The van der Waals surface area contributed by atoms with Crippen molar-refractivity contribution in [1.82, 2.24) is 0 Å². The quantitative estimate of drug-likeness (QED) is 0.235. The maximum absolute atomic E-state index is 10.1. The summed E-state index contributed by atoms with van der Waals surface area (Å²) in [5, 5.41) is 49.5. The Morgan fingerprint density at radius 1 is 0.739 bits per heavy atom. The van der Waals surface area contributed by atoms with E-state index >= 15 is 0 Å². The van der Waals surface area contributed by atoms with Crippen molar-refractivity contribution in [1.29, 1.82) is 0 Å². The van der Waals surface area contributed by atoms with E-state index in [1.165, 1.54) is 0 Å². The van der Waals surface area contributed by atoms with Crippen molar-refractivity contribution in [3.63, 3.8) is 0 Å². The fraction of sp³-hybridized carbons (Fsp3) is 1.00. The molecule has 11 atom stereocenters. The molecule has 0 spiro atoms. The average molecular weight is 338 g/mol. The molecule has 23 heavy (non-hydrogen) atoms. The predicted molar refractivity (Wildman–Crippen MR) is 76.5 cm³/mol. The first kappa shape index (κ1) is 18.9. The van der Waals surface area contributed by atoms with Crippen molar-refractivity contribution >= 4 is 0 Å². The van der Waals surface area contributed by atoms with Crippen LogP contribution >= 0.6 is 0 Å². The van der Waals surface area contributed by atoms with E-state index in [0.717, 1.165) is 0 Å². The van der Waals surface area contributed by atoms with Crippen LogP contribution in [0.3, 0.4) is 0 Å². The van der Waals surface area contributed by atoms with Gasteiger partial charge in [0.25, 0.3) is 0 Å². The van der Waals surface area contributed by atoms with E-state index in [1.54, 1.807) is 0 Å². The van der Waals surface area contributed by atoms with Crippen molar-refractivity contribution in [2.24, 2.45) is 22.9 Å². The fourth-order valence-electron chi connectivity index (χ4n) is 2.90. The lowest BCUT2D eigenvalue weighted by atomic mass is 9.82. The Bertz CT molecular complexity index is 388. The molecule has 136 valence electrons. The van der Waals surface area contributed by atoms with Gasteiger partial charge in [-0.2, -0.15) is 0 Å². The minimum atomic E-state index is -1.49. The highest BCUT2D eigenvalue weighted by Gasteiger charge is 2.50. The Kier molecular flexibility index (Phi) is 5.92. The van der Waals surface area contributed by atoms with Gasteiger partial charge in [-0.3, -0.25) is 0 Å². The molecule has 2 fully saturated rings. The summed E-state index contributed by atoms with van der Waals surface area (Å²) in [6, 6.07) is -3.39. The van der Waals surface area contributed by atoms with Crippen LogP contribution in [0.2, 0.25) is 0 Å². The van der Waals surface area contributed by atoms with Gasteiger partial charge in [0.1, 0.15) is 36.6 Å². The van der Waals surface area contributed by atoms with Gasteiger partial charge in [-0.25, -0.2) is 0 Å². The maximum Gasteiger partial charge on any atom is 0.176 e. The third-order valence-corrected chi connectivity index (χ3v) is 4.52. The molecule has 0 aromatic rings. The molecule has 0 amide bonds. The van der Waals surface area contributed by atoms with E-state index in [0.29, 0.717) is 0 Å². The summed E-state index contributed by atoms with van der Waals surface area (Å²) in [4.78, 5) is 0. The Balaban J connectivity index is 2.13. The highest BCUT2D eigenvalue weighted by molar-refractivity contribution is 5.04. The van der Waals surface area contributed by atoms with Gasteiger partial charge in [0.05, 0.1) is 24.2 Å². The van der Waals surface area contributed by atoms with Gasteiger partial charge in [0.15, 0.2) is 6.29 Å². The summed E-state index contributed by atoms with van der Waals surface area (Å²) in [5.41, 5.74) is 22.6. The van der Waals surface area contributed by atoms with Crippen LogP contribution in [0.25, 0.3) is 0 Å². The predicted octanol–water partition coefficient (Wildman–Crippen LogP) is -6.14. The van der Waals surface area contributed by atoms with Crippen LogP contribution in [0.1, 0.15) is 0 Å². The number of aliphatic hydroxyl groups is 5. The van der Waals surface area contributed by atoms with Crippen molar-refractivity contribution in [3.8, 4) is 0 Å². The zero-order valence-corrected chi connectivity index (χ0v) is 12.4. The van der Waals surface area contributed by atoms with Gasteiger partial charge in [-0.15, -0.1) is 0 Å². The fourth-order valence-corrected chi connectivity index (χ4v) is 2.90. The lowest BCUT2D eigenvalue weighted by Gasteiger charge is -2.47. The number of hydrogen-bond acceptors (Lipinski definition) is 11. The van der Waals surface area contributed by atoms with Gasteiger partial charge in [-0.05, 0) is 0 Å². The van der Waals surface area contributed by atoms with Crippen LogP contribution in [0, 0.1) is 0 Å². The molecule has 11 unspecified atom stereocenters. The van der Waals surface area contributed by atoms with E-state index in [-0.39, 0.29) is 6.54 Å². The van der Waals surface area contributed by atoms with Crippen LogP contribution in [-0.4, -0.2) is 99.2 Å². The number of rotatable bonds is 3. The summed E-state index contributed by atoms with van der Waals surface area (Å²) in [6.07, 6.45) is -10.3. The molecular formula is C12H26N4O7. The zero-order valence-electron chi connectivity index (χ0n) is 12.4. The third kappa shape index (κ3) is 3.36. The Labute approximate surface area is 132 Å². The Morgan fingerprint density at radius 2 is 1.30 bits per heavy atom. The van der Waals surface area contributed by atoms with Crippen LogP contribution in [0.4, 0.5) is 0 Å². The Hall–Kier alpha value is -0.440. The topological polar surface area (TPSA) is 224 Å². The smallest absolute Gasteiger partial charge is 0.176 e. The molecule has 2 rings (SSSR count). The van der Waals surface area contributed by atoms with Crippen molar-refractivity contribution < 1.29 is 35.0 Å². The molecule has 1 aliphatic carbocycles. The molecule has 2 aliphatic rings. The number of ether oxygens (including phenoxy) is 2. The highest BCUT2D eigenvalue weighted by atomic mass is 16.7. The molecule has 0 radical (unpaired) electrons. The van der Waals surface area contributed by atoms with Crippen molar-refractivity contribution in [2.45, 2.75) is 67.1 Å². The summed E-state index contributed by atoms with van der Waals surface area (Å²) in [6.45, 7) is -0.0970. The summed E-state index contributed by atoms with van der Waals surface area (Å²) in [5.74, 6) is 0. The molecule has 11 nitrogen and oxygen atoms in total. The molecule has 13 N–H and O–H groups in total. The van der Waals surface area contributed by atoms with Crippen molar-refractivity contribution in [2.75, 3.05) is 6.54 Å². The van der Waals surface area contributed by atoms with E-state index in [2.05, 4.69) is 0 Å². The van der Waals surface area contributed by atoms with Crippen LogP contribution in [0.15, 0.2) is 0 Å². The maximum atomic E-state index is 10.1. The van der Waals surface area contributed by atoms with Gasteiger partial charge < -0.3 is 57.9 Å². The van der Waals surface area contributed by atoms with Gasteiger partial charge in [0, 0.05) is 6.54 Å². The van der Waals surface area contributed by atoms with Gasteiger partial charge in [-0.1, -0.05) is 0 Å². The molecule has 1 heterocycles. The number of aliphatic hydroxyl groups excluding tert-OH is 5. The number of hydrogen-bond donors (Lipinski definition) is 9. The molecule has 1 saturated carbocycles. The first-order chi connectivity index (χ1) is 10.7. The average Bonchev–Trinajstić information content (AvgIpc) is 2.54. The van der Waals surface area contributed by atoms with E-state index < -0.39 is 67.1 Å². The molecular weight excluding hydrogens is 312 g/mol. The first-order valence-electron chi connectivity index (χ1n) is 7.38. The standard InChI is InChI=1S/C12H26N4O7/c13-1-2-6(17)9(20)5(16)12(22-2)23-11-4(15)7(18)3(14)8(19)10(11)21/h2-12,17-21H,1,13-16H2. The minimum Gasteiger partial charge on any atom is -0.390 e. The van der Waals surface area contributed by atoms with Gasteiger partial charge >= 0.3 is 0 Å². The second-order valence-corrected chi connectivity index (χ2v) is 6.06.